The summed E-state index contributed by atoms with van der Waals surface area (Å²) in [7, 11) is 0. The molecule has 1 amide bonds. The van der Waals surface area contributed by atoms with Crippen molar-refractivity contribution < 1.29 is 9.53 Å². The highest BCUT2D eigenvalue weighted by Gasteiger charge is 2.45. The summed E-state index contributed by atoms with van der Waals surface area (Å²) < 4.78 is 5.46. The summed E-state index contributed by atoms with van der Waals surface area (Å²) in [6.45, 7) is 6.28. The molecular formula is C20H29N5O2. The van der Waals surface area contributed by atoms with E-state index in [1.54, 1.807) is 6.33 Å². The van der Waals surface area contributed by atoms with Crippen molar-refractivity contribution in [3.63, 3.8) is 0 Å². The number of amides is 1. The van der Waals surface area contributed by atoms with E-state index in [1.165, 1.54) is 25.7 Å². The molecule has 0 aromatic carbocycles. The van der Waals surface area contributed by atoms with Crippen LogP contribution < -0.4 is 9.80 Å². The highest BCUT2D eigenvalue weighted by molar-refractivity contribution is 5.78. The highest BCUT2D eigenvalue weighted by Crippen LogP contribution is 2.43. The van der Waals surface area contributed by atoms with Crippen LogP contribution in [0.2, 0.25) is 0 Å². The number of ether oxygens (including phenoxy) is 1. The third kappa shape index (κ3) is 3.49. The average Bonchev–Trinajstić information content (AvgIpc) is 3.56. The van der Waals surface area contributed by atoms with Gasteiger partial charge >= 0.3 is 0 Å². The summed E-state index contributed by atoms with van der Waals surface area (Å²) in [6.07, 6.45) is 8.22. The van der Waals surface area contributed by atoms with E-state index in [4.69, 9.17) is 4.74 Å². The summed E-state index contributed by atoms with van der Waals surface area (Å²) in [4.78, 5) is 28.3. The first kappa shape index (κ1) is 17.2. The number of piperidine rings is 2. The quantitative estimate of drug-likeness (QED) is 0.806. The van der Waals surface area contributed by atoms with Gasteiger partial charge in [-0.15, -0.1) is 0 Å². The molecule has 1 saturated carbocycles. The number of likely N-dealkylation sites (tertiary alicyclic amines) is 1. The van der Waals surface area contributed by atoms with E-state index in [0.29, 0.717) is 18.4 Å². The molecule has 7 nitrogen and oxygen atoms in total. The van der Waals surface area contributed by atoms with Crippen molar-refractivity contribution in [3.8, 4) is 0 Å². The maximum atomic E-state index is 12.3. The van der Waals surface area contributed by atoms with Gasteiger partial charge in [0.1, 0.15) is 18.0 Å². The first-order chi connectivity index (χ1) is 13.2. The van der Waals surface area contributed by atoms with Gasteiger partial charge in [0.25, 0.3) is 0 Å². The minimum atomic E-state index is 0.235. The van der Waals surface area contributed by atoms with Gasteiger partial charge in [0.15, 0.2) is 0 Å². The second-order valence-corrected chi connectivity index (χ2v) is 8.61. The molecule has 27 heavy (non-hydrogen) atoms. The van der Waals surface area contributed by atoms with Crippen LogP contribution in [0.1, 0.15) is 38.5 Å². The number of hydrogen-bond acceptors (Lipinski definition) is 6. The van der Waals surface area contributed by atoms with Gasteiger partial charge < -0.3 is 19.4 Å². The van der Waals surface area contributed by atoms with Gasteiger partial charge in [0.2, 0.25) is 5.91 Å². The normalized spacial score (nSPS) is 29.5. The minimum Gasteiger partial charge on any atom is -0.378 e. The third-order valence-corrected chi connectivity index (χ3v) is 6.64. The van der Waals surface area contributed by atoms with E-state index < -0.39 is 0 Å². The molecule has 5 rings (SSSR count). The fourth-order valence-corrected chi connectivity index (χ4v) is 4.98. The highest BCUT2D eigenvalue weighted by atomic mass is 16.5. The van der Waals surface area contributed by atoms with Crippen molar-refractivity contribution in [1.82, 2.24) is 14.9 Å². The Bertz CT molecular complexity index is 703. The first-order valence-corrected chi connectivity index (χ1v) is 10.4. The van der Waals surface area contributed by atoms with E-state index in [-0.39, 0.29) is 5.41 Å². The molecule has 1 aromatic rings. The Labute approximate surface area is 160 Å². The largest absolute Gasteiger partial charge is 0.378 e. The monoisotopic (exact) mass is 371 g/mol. The van der Waals surface area contributed by atoms with Crippen LogP contribution in [0.3, 0.4) is 0 Å². The molecule has 0 unspecified atom stereocenters. The molecular weight excluding hydrogens is 342 g/mol. The number of nitrogens with zero attached hydrogens (tertiary/aromatic N) is 5. The maximum absolute atomic E-state index is 12.3. The standard InChI is InChI=1S/C20H29N5O2/c26-19-4-6-20(14-25(19)16-2-3-16)5-1-7-24(13-20)18-12-17(21-15-22-18)23-8-10-27-11-9-23/h12,15-16H,1-11,13-14H2/t20-/m0/s1. The van der Waals surface area contributed by atoms with Crippen LogP contribution in [-0.2, 0) is 9.53 Å². The molecule has 3 aliphatic heterocycles. The van der Waals surface area contributed by atoms with Crippen molar-refractivity contribution in [1.29, 1.82) is 0 Å². The average molecular weight is 371 g/mol. The molecule has 0 N–H and O–H groups in total. The lowest BCUT2D eigenvalue weighted by atomic mass is 9.73. The van der Waals surface area contributed by atoms with Crippen LogP contribution in [0.15, 0.2) is 12.4 Å². The summed E-state index contributed by atoms with van der Waals surface area (Å²) in [5.74, 6) is 2.40. The lowest BCUT2D eigenvalue weighted by molar-refractivity contribution is -0.138. The molecule has 1 atom stereocenters. The lowest BCUT2D eigenvalue weighted by Crippen LogP contribution is -2.54. The smallest absolute Gasteiger partial charge is 0.222 e. The number of aromatic nitrogens is 2. The number of carbonyl (C=O) groups excluding carboxylic acids is 1. The Morgan fingerprint density at radius 3 is 2.56 bits per heavy atom. The molecule has 4 heterocycles. The van der Waals surface area contributed by atoms with E-state index >= 15 is 0 Å². The Morgan fingerprint density at radius 2 is 1.78 bits per heavy atom. The molecule has 0 radical (unpaired) electrons. The van der Waals surface area contributed by atoms with Gasteiger partial charge in [-0.2, -0.15) is 0 Å². The second kappa shape index (κ2) is 6.93. The van der Waals surface area contributed by atoms with Crippen LogP contribution in [0, 0.1) is 5.41 Å². The first-order valence-electron chi connectivity index (χ1n) is 10.4. The zero-order chi connectivity index (χ0) is 18.3. The van der Waals surface area contributed by atoms with Crippen LogP contribution in [0.25, 0.3) is 0 Å². The number of rotatable bonds is 3. The van der Waals surface area contributed by atoms with Crippen LogP contribution in [0.5, 0.6) is 0 Å². The van der Waals surface area contributed by atoms with Gasteiger partial charge in [-0.3, -0.25) is 4.79 Å². The van der Waals surface area contributed by atoms with E-state index in [2.05, 4.69) is 30.7 Å². The van der Waals surface area contributed by atoms with Gasteiger partial charge in [-0.1, -0.05) is 0 Å². The van der Waals surface area contributed by atoms with Crippen LogP contribution >= 0.6 is 0 Å². The zero-order valence-corrected chi connectivity index (χ0v) is 16.0. The van der Waals surface area contributed by atoms with Crippen molar-refractivity contribution >= 4 is 17.5 Å². The van der Waals surface area contributed by atoms with Crippen LogP contribution in [0.4, 0.5) is 11.6 Å². The number of hydrogen-bond donors (Lipinski definition) is 0. The molecule has 3 saturated heterocycles. The van der Waals surface area contributed by atoms with E-state index in [0.717, 1.165) is 64.0 Å². The molecule has 7 heteroatoms. The SMILES string of the molecule is O=C1CC[C@]2(CCCN(c3cc(N4CCOCC4)ncn3)C2)CN1C1CC1. The lowest BCUT2D eigenvalue weighted by Gasteiger charge is -2.48. The van der Waals surface area contributed by atoms with E-state index in [9.17, 15) is 4.79 Å². The minimum absolute atomic E-state index is 0.235. The topological polar surface area (TPSA) is 61.8 Å². The summed E-state index contributed by atoms with van der Waals surface area (Å²) >= 11 is 0. The fraction of sp³-hybridized carbons (Fsp3) is 0.750. The van der Waals surface area contributed by atoms with Gasteiger partial charge in [-0.25, -0.2) is 9.97 Å². The Balaban J connectivity index is 1.33. The second-order valence-electron chi connectivity index (χ2n) is 8.61. The van der Waals surface area contributed by atoms with Crippen molar-refractivity contribution in [2.24, 2.45) is 5.41 Å². The molecule has 4 fully saturated rings. The number of anilines is 2. The Hall–Kier alpha value is -1.89. The predicted octanol–water partition coefficient (Wildman–Crippen LogP) is 1.68. The van der Waals surface area contributed by atoms with Crippen molar-refractivity contribution in [2.75, 3.05) is 55.7 Å². The Kier molecular flexibility index (Phi) is 4.42. The molecule has 146 valence electrons. The molecule has 0 bridgehead atoms. The predicted molar refractivity (Wildman–Crippen MR) is 103 cm³/mol. The third-order valence-electron chi connectivity index (χ3n) is 6.64. The summed E-state index contributed by atoms with van der Waals surface area (Å²) in [6, 6.07) is 2.66. The van der Waals surface area contributed by atoms with Crippen LogP contribution in [-0.4, -0.2) is 72.8 Å². The number of carbonyl (C=O) groups is 1. The van der Waals surface area contributed by atoms with Crippen molar-refractivity contribution in [2.45, 2.75) is 44.6 Å². The molecule has 1 aromatic heterocycles. The van der Waals surface area contributed by atoms with Gasteiger partial charge in [0, 0.05) is 56.7 Å². The van der Waals surface area contributed by atoms with Gasteiger partial charge in [-0.05, 0) is 32.1 Å². The molecule has 1 spiro atoms. The summed E-state index contributed by atoms with van der Waals surface area (Å²) in [5.41, 5.74) is 0.235. The summed E-state index contributed by atoms with van der Waals surface area (Å²) in [5, 5.41) is 0. The maximum Gasteiger partial charge on any atom is 0.222 e. The zero-order valence-electron chi connectivity index (χ0n) is 16.0. The Morgan fingerprint density at radius 1 is 1.00 bits per heavy atom. The molecule has 4 aliphatic rings. The van der Waals surface area contributed by atoms with Gasteiger partial charge in [0.05, 0.1) is 13.2 Å². The fourth-order valence-electron chi connectivity index (χ4n) is 4.98. The number of morpholine rings is 1. The van der Waals surface area contributed by atoms with Crippen molar-refractivity contribution in [3.05, 3.63) is 12.4 Å². The van der Waals surface area contributed by atoms with E-state index in [1.807, 2.05) is 0 Å². The molecule has 1 aliphatic carbocycles.